The van der Waals surface area contributed by atoms with Crippen LogP contribution in [0.4, 0.5) is 5.69 Å². The third-order valence-corrected chi connectivity index (χ3v) is 3.88. The molecule has 4 heteroatoms. The van der Waals surface area contributed by atoms with Crippen molar-refractivity contribution in [2.75, 3.05) is 5.73 Å². The van der Waals surface area contributed by atoms with Crippen molar-refractivity contribution in [3.8, 4) is 0 Å². The summed E-state index contributed by atoms with van der Waals surface area (Å²) in [5.41, 5.74) is 9.51. The third-order valence-electron chi connectivity index (χ3n) is 3.88. The fourth-order valence-electron chi connectivity index (χ4n) is 2.47. The smallest absolute Gasteiger partial charge is 0.258 e. The highest BCUT2D eigenvalue weighted by Crippen LogP contribution is 2.18. The molecule has 0 saturated carbocycles. The molecular formula is C17H17N3O. The van der Waals surface area contributed by atoms with Gasteiger partial charge in [-0.3, -0.25) is 9.78 Å². The fourth-order valence-corrected chi connectivity index (χ4v) is 2.47. The van der Waals surface area contributed by atoms with Gasteiger partial charge in [-0.1, -0.05) is 18.2 Å². The first-order chi connectivity index (χ1) is 10.1. The lowest BCUT2D eigenvalue weighted by atomic mass is 10.1. The van der Waals surface area contributed by atoms with Crippen LogP contribution >= 0.6 is 0 Å². The number of benzene rings is 1. The van der Waals surface area contributed by atoms with Gasteiger partial charge in [0.2, 0.25) is 0 Å². The van der Waals surface area contributed by atoms with E-state index in [9.17, 15) is 4.79 Å². The molecule has 0 radical (unpaired) electrons. The number of aryl methyl sites for hydroxylation is 1. The zero-order valence-corrected chi connectivity index (χ0v) is 12.1. The molecular weight excluding hydrogens is 262 g/mol. The molecule has 3 aromatic rings. The summed E-state index contributed by atoms with van der Waals surface area (Å²) in [6.45, 7) is 4.30. The Morgan fingerprint density at radius 1 is 1.19 bits per heavy atom. The molecule has 2 aromatic heterocycles. The van der Waals surface area contributed by atoms with E-state index in [1.807, 2.05) is 50.4 Å². The quantitative estimate of drug-likeness (QED) is 0.784. The second-order valence-corrected chi connectivity index (χ2v) is 5.26. The Kier molecular flexibility index (Phi) is 3.22. The molecule has 106 valence electrons. The highest BCUT2D eigenvalue weighted by molar-refractivity contribution is 5.81. The molecule has 2 heterocycles. The van der Waals surface area contributed by atoms with E-state index in [-0.39, 0.29) is 5.56 Å². The number of anilines is 1. The van der Waals surface area contributed by atoms with Gasteiger partial charge in [0.25, 0.3) is 5.56 Å². The first kappa shape index (κ1) is 13.4. The molecule has 3 rings (SSSR count). The summed E-state index contributed by atoms with van der Waals surface area (Å²) < 4.78 is 1.67. The molecule has 0 aliphatic rings. The maximum atomic E-state index is 12.5. The predicted molar refractivity (Wildman–Crippen MR) is 85.4 cm³/mol. The molecule has 0 aliphatic heterocycles. The molecule has 1 aromatic carbocycles. The van der Waals surface area contributed by atoms with E-state index < -0.39 is 0 Å². The van der Waals surface area contributed by atoms with E-state index in [1.165, 1.54) is 0 Å². The van der Waals surface area contributed by atoms with E-state index in [0.717, 1.165) is 33.3 Å². The maximum Gasteiger partial charge on any atom is 0.258 e. The summed E-state index contributed by atoms with van der Waals surface area (Å²) in [6.07, 6.45) is 3.56. The maximum absolute atomic E-state index is 12.5. The monoisotopic (exact) mass is 279 g/mol. The number of fused-ring (bicyclic) bond motifs is 1. The number of pyridine rings is 2. The van der Waals surface area contributed by atoms with Crippen LogP contribution in [-0.2, 0) is 6.54 Å². The first-order valence-electron chi connectivity index (χ1n) is 6.86. The molecule has 0 amide bonds. The molecule has 21 heavy (non-hydrogen) atoms. The van der Waals surface area contributed by atoms with Crippen LogP contribution in [0.1, 0.15) is 16.8 Å². The van der Waals surface area contributed by atoms with E-state index >= 15 is 0 Å². The molecule has 0 unspecified atom stereocenters. The molecule has 0 atom stereocenters. The number of rotatable bonds is 2. The number of nitrogen functional groups attached to an aromatic ring is 1. The van der Waals surface area contributed by atoms with E-state index in [1.54, 1.807) is 10.8 Å². The summed E-state index contributed by atoms with van der Waals surface area (Å²) in [6, 6.07) is 9.54. The molecule has 2 N–H and O–H groups in total. The van der Waals surface area contributed by atoms with Crippen molar-refractivity contribution in [1.29, 1.82) is 0 Å². The number of hydrogen-bond donors (Lipinski definition) is 1. The molecule has 0 bridgehead atoms. The first-order valence-corrected chi connectivity index (χ1v) is 6.86. The van der Waals surface area contributed by atoms with Gasteiger partial charge in [-0.25, -0.2) is 0 Å². The van der Waals surface area contributed by atoms with Crippen molar-refractivity contribution in [2.24, 2.45) is 0 Å². The van der Waals surface area contributed by atoms with Crippen molar-refractivity contribution in [3.05, 3.63) is 69.9 Å². The van der Waals surface area contributed by atoms with Crippen LogP contribution in [0.3, 0.4) is 0 Å². The predicted octanol–water partition coefficient (Wildman–Crippen LogP) is 2.64. The van der Waals surface area contributed by atoms with Gasteiger partial charge in [0, 0.05) is 23.5 Å². The van der Waals surface area contributed by atoms with Crippen LogP contribution in [0.15, 0.2) is 47.5 Å². The summed E-state index contributed by atoms with van der Waals surface area (Å²) in [4.78, 5) is 16.9. The lowest BCUT2D eigenvalue weighted by molar-refractivity contribution is 0.741. The van der Waals surface area contributed by atoms with Crippen LogP contribution in [0.5, 0.6) is 0 Å². The van der Waals surface area contributed by atoms with Gasteiger partial charge in [0.05, 0.1) is 12.2 Å². The van der Waals surface area contributed by atoms with Crippen molar-refractivity contribution in [2.45, 2.75) is 20.4 Å². The number of hydrogen-bond acceptors (Lipinski definition) is 3. The van der Waals surface area contributed by atoms with Crippen LogP contribution in [-0.4, -0.2) is 9.55 Å². The summed E-state index contributed by atoms with van der Waals surface area (Å²) >= 11 is 0. The number of nitrogens with two attached hydrogens (primary N) is 1. The fraction of sp³-hybridized carbons (Fsp3) is 0.176. The van der Waals surface area contributed by atoms with Crippen LogP contribution in [0, 0.1) is 13.8 Å². The second-order valence-electron chi connectivity index (χ2n) is 5.26. The Hall–Kier alpha value is -2.62. The Balaban J connectivity index is 2.09. The topological polar surface area (TPSA) is 60.9 Å². The minimum atomic E-state index is -0.00607. The SMILES string of the molecule is Cc1cnc(Cn2ccc3ccccc3c2=O)c(C)c1N. The van der Waals surface area contributed by atoms with Gasteiger partial charge >= 0.3 is 0 Å². The Morgan fingerprint density at radius 2 is 1.95 bits per heavy atom. The van der Waals surface area contributed by atoms with Gasteiger partial charge in [0.15, 0.2) is 0 Å². The lowest BCUT2D eigenvalue weighted by Gasteiger charge is -2.12. The van der Waals surface area contributed by atoms with Gasteiger partial charge in [0.1, 0.15) is 0 Å². The van der Waals surface area contributed by atoms with Crippen LogP contribution < -0.4 is 11.3 Å². The number of aromatic nitrogens is 2. The zero-order chi connectivity index (χ0) is 15.0. The van der Waals surface area contributed by atoms with Gasteiger partial charge in [-0.2, -0.15) is 0 Å². The third kappa shape index (κ3) is 2.29. The van der Waals surface area contributed by atoms with E-state index in [2.05, 4.69) is 4.98 Å². The Labute approximate surface area is 122 Å². The second kappa shape index (κ2) is 5.05. The standard InChI is InChI=1S/C17H17N3O/c1-11-9-19-15(12(2)16(11)18)10-20-8-7-13-5-3-4-6-14(13)17(20)21/h3-9H,10H2,1-2H3,(H2,18,19). The average molecular weight is 279 g/mol. The van der Waals surface area contributed by atoms with Gasteiger partial charge < -0.3 is 10.3 Å². The van der Waals surface area contributed by atoms with Gasteiger partial charge in [-0.05, 0) is 42.5 Å². The van der Waals surface area contributed by atoms with Crippen LogP contribution in [0.25, 0.3) is 10.8 Å². The molecule has 0 saturated heterocycles. The minimum absolute atomic E-state index is 0.00607. The highest BCUT2D eigenvalue weighted by Gasteiger charge is 2.09. The lowest BCUT2D eigenvalue weighted by Crippen LogP contribution is -2.21. The van der Waals surface area contributed by atoms with Crippen molar-refractivity contribution in [1.82, 2.24) is 9.55 Å². The average Bonchev–Trinajstić information content (AvgIpc) is 2.50. The van der Waals surface area contributed by atoms with E-state index in [4.69, 9.17) is 5.73 Å². The molecule has 4 nitrogen and oxygen atoms in total. The molecule has 0 spiro atoms. The molecule has 0 aliphatic carbocycles. The summed E-state index contributed by atoms with van der Waals surface area (Å²) in [5, 5.41) is 1.67. The number of nitrogens with zero attached hydrogens (tertiary/aromatic N) is 2. The zero-order valence-electron chi connectivity index (χ0n) is 12.1. The Morgan fingerprint density at radius 3 is 2.76 bits per heavy atom. The van der Waals surface area contributed by atoms with Crippen molar-refractivity contribution in [3.63, 3.8) is 0 Å². The summed E-state index contributed by atoms with van der Waals surface area (Å²) in [7, 11) is 0. The molecule has 0 fully saturated rings. The minimum Gasteiger partial charge on any atom is -0.398 e. The van der Waals surface area contributed by atoms with Crippen molar-refractivity contribution >= 4 is 16.5 Å². The van der Waals surface area contributed by atoms with Crippen molar-refractivity contribution < 1.29 is 0 Å². The Bertz CT molecular complexity index is 881. The largest absolute Gasteiger partial charge is 0.398 e. The van der Waals surface area contributed by atoms with Gasteiger partial charge in [-0.15, -0.1) is 0 Å². The van der Waals surface area contributed by atoms with Crippen LogP contribution in [0.2, 0.25) is 0 Å². The van der Waals surface area contributed by atoms with E-state index in [0.29, 0.717) is 6.54 Å². The summed E-state index contributed by atoms with van der Waals surface area (Å²) in [5.74, 6) is 0. The highest BCUT2D eigenvalue weighted by atomic mass is 16.1. The normalized spacial score (nSPS) is 11.0.